The molecule has 2 fully saturated rings. The monoisotopic (exact) mass is 398 g/mol. The molecule has 2 aromatic carbocycles. The summed E-state index contributed by atoms with van der Waals surface area (Å²) in [5.74, 6) is 0.113. The number of hydrogen-bond acceptors (Lipinski definition) is 4. The van der Waals surface area contributed by atoms with Crippen LogP contribution in [0.2, 0.25) is 0 Å². The molecule has 0 N–H and O–H groups in total. The minimum atomic E-state index is -0.517. The lowest BCUT2D eigenvalue weighted by Gasteiger charge is -2.47. The van der Waals surface area contributed by atoms with Gasteiger partial charge in [-0.3, -0.25) is 9.59 Å². The molecule has 2 aliphatic rings. The van der Waals surface area contributed by atoms with Crippen LogP contribution in [0.25, 0.3) is 0 Å². The van der Waals surface area contributed by atoms with Crippen LogP contribution in [0, 0.1) is 5.82 Å². The predicted molar refractivity (Wildman–Crippen MR) is 106 cm³/mol. The van der Waals surface area contributed by atoms with Crippen LogP contribution in [0.1, 0.15) is 23.2 Å². The molecule has 0 radical (unpaired) electrons. The molecule has 152 valence electrons. The maximum absolute atomic E-state index is 13.6. The zero-order valence-electron chi connectivity index (χ0n) is 16.3. The zero-order valence-corrected chi connectivity index (χ0v) is 16.3. The minimum absolute atomic E-state index is 0.0311. The summed E-state index contributed by atoms with van der Waals surface area (Å²) in [6.45, 7) is 1.40. The first-order chi connectivity index (χ1) is 14.0. The summed E-state index contributed by atoms with van der Waals surface area (Å²) in [5, 5.41) is 0. The van der Waals surface area contributed by atoms with Gasteiger partial charge in [0.05, 0.1) is 19.3 Å². The van der Waals surface area contributed by atoms with Crippen LogP contribution < -0.4 is 9.64 Å². The Balaban J connectivity index is 1.43. The second-order valence-corrected chi connectivity index (χ2v) is 7.45. The highest BCUT2D eigenvalue weighted by atomic mass is 19.1. The van der Waals surface area contributed by atoms with E-state index in [1.807, 2.05) is 0 Å². The highest BCUT2D eigenvalue weighted by Gasteiger charge is 2.43. The van der Waals surface area contributed by atoms with Crippen LogP contribution >= 0.6 is 0 Å². The van der Waals surface area contributed by atoms with E-state index in [0.717, 1.165) is 0 Å². The summed E-state index contributed by atoms with van der Waals surface area (Å²) < 4.78 is 24.7. The summed E-state index contributed by atoms with van der Waals surface area (Å²) in [6, 6.07) is 13.1. The summed E-state index contributed by atoms with van der Waals surface area (Å²) in [7, 11) is 1.59. The van der Waals surface area contributed by atoms with Crippen LogP contribution in [0.5, 0.6) is 5.75 Å². The lowest BCUT2D eigenvalue weighted by atomic mass is 9.88. The maximum Gasteiger partial charge on any atom is 0.253 e. The molecule has 4 rings (SSSR count). The molecule has 1 spiro atoms. The fourth-order valence-corrected chi connectivity index (χ4v) is 3.93. The lowest BCUT2D eigenvalue weighted by molar-refractivity contribution is -0.143. The van der Waals surface area contributed by atoms with E-state index in [1.165, 1.54) is 12.1 Å². The first kappa shape index (κ1) is 19.4. The molecular formula is C22H23FN2O4. The van der Waals surface area contributed by atoms with Crippen molar-refractivity contribution in [1.82, 2.24) is 4.90 Å². The van der Waals surface area contributed by atoms with Crippen LogP contribution in [-0.4, -0.2) is 55.7 Å². The van der Waals surface area contributed by atoms with Gasteiger partial charge in [0.15, 0.2) is 0 Å². The molecule has 2 aromatic rings. The number of amides is 2. The molecule has 0 aromatic heterocycles. The van der Waals surface area contributed by atoms with Crippen LogP contribution in [0.3, 0.4) is 0 Å². The van der Waals surface area contributed by atoms with Crippen molar-refractivity contribution in [3.8, 4) is 5.75 Å². The average molecular weight is 398 g/mol. The molecule has 6 nitrogen and oxygen atoms in total. The first-order valence-electron chi connectivity index (χ1n) is 9.63. The molecular weight excluding hydrogens is 375 g/mol. The van der Waals surface area contributed by atoms with E-state index < -0.39 is 5.60 Å². The normalized spacial score (nSPS) is 18.8. The fraction of sp³-hybridized carbons (Fsp3) is 0.364. The number of carbonyl (C=O) groups excluding carboxylic acids is 2. The van der Waals surface area contributed by atoms with E-state index in [1.54, 1.807) is 53.3 Å². The van der Waals surface area contributed by atoms with Crippen LogP contribution in [0.4, 0.5) is 10.1 Å². The molecule has 2 heterocycles. The van der Waals surface area contributed by atoms with Crippen molar-refractivity contribution < 1.29 is 23.5 Å². The van der Waals surface area contributed by atoms with Gasteiger partial charge >= 0.3 is 0 Å². The summed E-state index contributed by atoms with van der Waals surface area (Å²) in [5.41, 5.74) is 0.633. The van der Waals surface area contributed by atoms with Gasteiger partial charge in [-0.2, -0.15) is 0 Å². The largest absolute Gasteiger partial charge is 0.497 e. The maximum atomic E-state index is 13.6. The third-order valence-electron chi connectivity index (χ3n) is 5.67. The molecule has 0 bridgehead atoms. The van der Waals surface area contributed by atoms with E-state index in [2.05, 4.69) is 0 Å². The molecule has 2 aliphatic heterocycles. The van der Waals surface area contributed by atoms with Crippen molar-refractivity contribution in [3.63, 3.8) is 0 Å². The van der Waals surface area contributed by atoms with Crippen LogP contribution in [-0.2, 0) is 9.53 Å². The lowest BCUT2D eigenvalue weighted by Crippen LogP contribution is -2.59. The Kier molecular flexibility index (Phi) is 5.24. The molecule has 2 amide bonds. The topological polar surface area (TPSA) is 59.1 Å². The number of ether oxygens (including phenoxy) is 2. The molecule has 7 heteroatoms. The number of benzene rings is 2. The Bertz CT molecular complexity index is 907. The van der Waals surface area contributed by atoms with Gasteiger partial charge in [0.2, 0.25) is 0 Å². The number of anilines is 1. The molecule has 0 unspecified atom stereocenters. The number of halogens is 1. The number of hydrogen-bond donors (Lipinski definition) is 0. The molecule has 29 heavy (non-hydrogen) atoms. The Morgan fingerprint density at radius 1 is 1.14 bits per heavy atom. The predicted octanol–water partition coefficient (Wildman–Crippen LogP) is 2.87. The number of morpholine rings is 1. The van der Waals surface area contributed by atoms with Gasteiger partial charge in [-0.1, -0.05) is 6.07 Å². The Labute approximate surface area is 168 Å². The molecule has 2 saturated heterocycles. The van der Waals surface area contributed by atoms with Crippen molar-refractivity contribution >= 4 is 17.5 Å². The first-order valence-corrected chi connectivity index (χ1v) is 9.63. The second-order valence-electron chi connectivity index (χ2n) is 7.45. The van der Waals surface area contributed by atoms with Gasteiger partial charge in [-0.15, -0.1) is 0 Å². The number of piperidine rings is 1. The highest BCUT2D eigenvalue weighted by Crippen LogP contribution is 2.33. The van der Waals surface area contributed by atoms with E-state index in [9.17, 15) is 14.0 Å². The van der Waals surface area contributed by atoms with Gasteiger partial charge in [0.1, 0.15) is 18.2 Å². The number of nitrogens with zero attached hydrogens (tertiary/aromatic N) is 2. The molecule has 0 atom stereocenters. The van der Waals surface area contributed by atoms with E-state index >= 15 is 0 Å². The van der Waals surface area contributed by atoms with Crippen molar-refractivity contribution in [1.29, 1.82) is 0 Å². The van der Waals surface area contributed by atoms with Gasteiger partial charge in [-0.25, -0.2) is 4.39 Å². The highest BCUT2D eigenvalue weighted by molar-refractivity contribution is 5.95. The summed E-state index contributed by atoms with van der Waals surface area (Å²) in [6.07, 6.45) is 1.24. The minimum Gasteiger partial charge on any atom is -0.497 e. The van der Waals surface area contributed by atoms with E-state index in [0.29, 0.717) is 49.5 Å². The van der Waals surface area contributed by atoms with E-state index in [4.69, 9.17) is 9.47 Å². The van der Waals surface area contributed by atoms with Gasteiger partial charge in [0, 0.05) is 24.3 Å². The standard InChI is InChI=1S/C22H23FN2O4/c1-28-19-7-5-16(6-8-19)21(27)24-11-9-22(10-12-24)15-25(20(26)14-29-22)18-4-2-3-17(23)13-18/h2-8,13H,9-12,14-15H2,1H3. The fourth-order valence-electron chi connectivity index (χ4n) is 3.93. The molecule has 0 saturated carbocycles. The number of rotatable bonds is 3. The molecule has 0 aliphatic carbocycles. The SMILES string of the molecule is COc1ccc(C(=O)N2CCC3(CC2)CN(c2cccc(F)c2)C(=O)CO3)cc1. The average Bonchev–Trinajstić information content (AvgIpc) is 2.76. The Morgan fingerprint density at radius 2 is 1.86 bits per heavy atom. The zero-order chi connectivity index (χ0) is 20.4. The smallest absolute Gasteiger partial charge is 0.253 e. The summed E-state index contributed by atoms with van der Waals surface area (Å²) >= 11 is 0. The third kappa shape index (κ3) is 3.96. The van der Waals surface area contributed by atoms with Crippen molar-refractivity contribution in [2.24, 2.45) is 0 Å². The second kappa shape index (κ2) is 7.83. The summed E-state index contributed by atoms with van der Waals surface area (Å²) in [4.78, 5) is 28.5. The van der Waals surface area contributed by atoms with Crippen molar-refractivity contribution in [2.75, 3.05) is 38.3 Å². The Morgan fingerprint density at radius 3 is 2.52 bits per heavy atom. The van der Waals surface area contributed by atoms with Crippen LogP contribution in [0.15, 0.2) is 48.5 Å². The van der Waals surface area contributed by atoms with Gasteiger partial charge in [0.25, 0.3) is 11.8 Å². The van der Waals surface area contributed by atoms with E-state index in [-0.39, 0.29) is 24.2 Å². The van der Waals surface area contributed by atoms with Crippen molar-refractivity contribution in [3.05, 3.63) is 59.9 Å². The number of methoxy groups -OCH3 is 1. The third-order valence-corrected chi connectivity index (χ3v) is 5.67. The van der Waals surface area contributed by atoms with Gasteiger partial charge < -0.3 is 19.3 Å². The number of likely N-dealkylation sites (tertiary alicyclic amines) is 1. The van der Waals surface area contributed by atoms with Crippen molar-refractivity contribution in [2.45, 2.75) is 18.4 Å². The van der Waals surface area contributed by atoms with Gasteiger partial charge in [-0.05, 0) is 55.3 Å². The Hall–Kier alpha value is -2.93. The quantitative estimate of drug-likeness (QED) is 0.798. The number of carbonyl (C=O) groups is 2.